The Hall–Kier alpha value is -2.09. The zero-order valence-electron chi connectivity index (χ0n) is 7.90. The molecule has 0 saturated heterocycles. The molecule has 3 rings (SSSR count). The molecule has 2 aliphatic rings. The van der Waals surface area contributed by atoms with E-state index in [-0.39, 0.29) is 0 Å². The molecule has 1 N–H and O–H groups in total. The predicted molar refractivity (Wildman–Crippen MR) is 56.5 cm³/mol. The van der Waals surface area contributed by atoms with Gasteiger partial charge in [0, 0.05) is 5.56 Å². The summed E-state index contributed by atoms with van der Waals surface area (Å²) in [7, 11) is 0. The van der Waals surface area contributed by atoms with Crippen LogP contribution in [0.3, 0.4) is 0 Å². The van der Waals surface area contributed by atoms with Crippen LogP contribution in [0.1, 0.15) is 10.4 Å². The smallest absolute Gasteiger partial charge is 0.336 e. The minimum Gasteiger partial charge on any atom is -0.478 e. The predicted octanol–water partition coefficient (Wildman–Crippen LogP) is 2.65. The first-order valence-electron chi connectivity index (χ1n) is 4.49. The van der Waals surface area contributed by atoms with Gasteiger partial charge in [0.25, 0.3) is 0 Å². The zero-order valence-corrected chi connectivity index (χ0v) is 7.90. The lowest BCUT2D eigenvalue weighted by molar-refractivity contribution is 0.0696. The summed E-state index contributed by atoms with van der Waals surface area (Å²) in [5.74, 6) is -0.852. The standard InChI is InChI=1S/C7H3O2.C6H5/c8-7(9)6-3-4-1-2-5(4)6;1-2-4-6-5-3-1/h1,3H,(H,8,9);1-5H. The van der Waals surface area contributed by atoms with E-state index in [4.69, 9.17) is 5.11 Å². The molecule has 0 aromatic heterocycles. The molecular weight excluding hydrogens is 188 g/mol. The number of hydrogen-bond donors (Lipinski definition) is 1. The summed E-state index contributed by atoms with van der Waals surface area (Å²) in [5.41, 5.74) is 2.20. The summed E-state index contributed by atoms with van der Waals surface area (Å²) in [6, 6.07) is 18.7. The summed E-state index contributed by atoms with van der Waals surface area (Å²) in [5, 5.41) is 8.40. The molecule has 0 fully saturated rings. The van der Waals surface area contributed by atoms with E-state index in [1.807, 2.05) is 30.3 Å². The Balaban J connectivity index is 0.000000124. The Morgan fingerprint density at radius 2 is 1.93 bits per heavy atom. The summed E-state index contributed by atoms with van der Waals surface area (Å²) >= 11 is 0. The Bertz CT molecular complexity index is 448. The normalized spacial score (nSPS) is 9.87. The molecule has 0 amide bonds. The number of carbonyl (C=O) groups is 1. The number of carboxylic acids is 1. The van der Waals surface area contributed by atoms with Crippen molar-refractivity contribution in [2.45, 2.75) is 0 Å². The van der Waals surface area contributed by atoms with E-state index in [0.29, 0.717) is 5.56 Å². The molecule has 72 valence electrons. The first-order chi connectivity index (χ1) is 7.29. The average molecular weight is 196 g/mol. The number of fused-ring (bicyclic) bond motifs is 1. The molecule has 2 heteroatoms. The van der Waals surface area contributed by atoms with Gasteiger partial charge in [0.2, 0.25) is 0 Å². The van der Waals surface area contributed by atoms with Crippen molar-refractivity contribution in [1.29, 1.82) is 0 Å². The Morgan fingerprint density at radius 1 is 1.20 bits per heavy atom. The van der Waals surface area contributed by atoms with Crippen LogP contribution >= 0.6 is 0 Å². The first-order valence-corrected chi connectivity index (χ1v) is 4.49. The van der Waals surface area contributed by atoms with Gasteiger partial charge in [-0.25, -0.2) is 4.79 Å². The van der Waals surface area contributed by atoms with Crippen molar-refractivity contribution >= 4 is 5.97 Å². The fourth-order valence-electron chi connectivity index (χ4n) is 1.24. The molecule has 2 radical (unpaired) electrons. The van der Waals surface area contributed by atoms with Gasteiger partial charge in [-0.3, -0.25) is 0 Å². The maximum atomic E-state index is 10.2. The van der Waals surface area contributed by atoms with Crippen molar-refractivity contribution in [2.24, 2.45) is 0 Å². The van der Waals surface area contributed by atoms with Gasteiger partial charge in [0.15, 0.2) is 0 Å². The van der Waals surface area contributed by atoms with Gasteiger partial charge in [0.05, 0.1) is 5.56 Å². The van der Waals surface area contributed by atoms with Crippen molar-refractivity contribution in [3.8, 4) is 11.1 Å². The fraction of sp³-hybridized carbons (Fsp3) is 0. The van der Waals surface area contributed by atoms with Crippen LogP contribution in [0.15, 0.2) is 42.5 Å². The van der Waals surface area contributed by atoms with E-state index in [1.165, 1.54) is 0 Å². The number of hydrogen-bond acceptors (Lipinski definition) is 1. The molecular formula is C13H8O2. The topological polar surface area (TPSA) is 37.3 Å². The third kappa shape index (κ3) is 1.89. The minimum absolute atomic E-state index is 0.396. The second-order valence-corrected chi connectivity index (χ2v) is 3.06. The van der Waals surface area contributed by atoms with E-state index in [9.17, 15) is 4.79 Å². The van der Waals surface area contributed by atoms with Gasteiger partial charge in [-0.05, 0) is 29.8 Å². The van der Waals surface area contributed by atoms with Crippen molar-refractivity contribution in [3.63, 3.8) is 0 Å². The van der Waals surface area contributed by atoms with Crippen LogP contribution < -0.4 is 0 Å². The van der Waals surface area contributed by atoms with E-state index >= 15 is 0 Å². The van der Waals surface area contributed by atoms with Crippen molar-refractivity contribution in [2.75, 3.05) is 0 Å². The highest BCUT2D eigenvalue weighted by Crippen LogP contribution is 2.35. The summed E-state index contributed by atoms with van der Waals surface area (Å²) in [6.07, 6.45) is 0. The van der Waals surface area contributed by atoms with Crippen LogP contribution in [0.4, 0.5) is 0 Å². The molecule has 0 heterocycles. The van der Waals surface area contributed by atoms with Gasteiger partial charge in [-0.15, -0.1) is 0 Å². The highest BCUT2D eigenvalue weighted by Gasteiger charge is 2.21. The first kappa shape index (κ1) is 9.46. The number of rotatable bonds is 1. The molecule has 0 bridgehead atoms. The molecule has 15 heavy (non-hydrogen) atoms. The summed E-state index contributed by atoms with van der Waals surface area (Å²) in [4.78, 5) is 10.2. The number of carboxylic acid groups (broad SMARTS) is 1. The van der Waals surface area contributed by atoms with Crippen LogP contribution in [0.25, 0.3) is 11.1 Å². The van der Waals surface area contributed by atoms with E-state index in [0.717, 1.165) is 11.1 Å². The highest BCUT2D eigenvalue weighted by atomic mass is 16.4. The third-order valence-corrected chi connectivity index (χ3v) is 2.07. The largest absolute Gasteiger partial charge is 0.478 e. The Kier molecular flexibility index (Phi) is 2.50. The second-order valence-electron chi connectivity index (χ2n) is 3.06. The Morgan fingerprint density at radius 3 is 2.07 bits per heavy atom. The minimum atomic E-state index is -0.852. The third-order valence-electron chi connectivity index (χ3n) is 2.07. The molecule has 1 aromatic rings. The lowest BCUT2D eigenvalue weighted by atomic mass is 9.87. The molecule has 2 aliphatic carbocycles. The van der Waals surface area contributed by atoms with Gasteiger partial charge in [-0.1, -0.05) is 30.3 Å². The fourth-order valence-corrected chi connectivity index (χ4v) is 1.24. The van der Waals surface area contributed by atoms with Crippen molar-refractivity contribution < 1.29 is 9.90 Å². The lowest BCUT2D eigenvalue weighted by Gasteiger charge is -2.16. The van der Waals surface area contributed by atoms with Gasteiger partial charge in [-0.2, -0.15) is 0 Å². The summed E-state index contributed by atoms with van der Waals surface area (Å²) in [6.45, 7) is 0. The number of benzene rings is 2. The molecule has 1 aromatic carbocycles. The van der Waals surface area contributed by atoms with E-state index in [2.05, 4.69) is 12.1 Å². The zero-order chi connectivity index (χ0) is 10.7. The molecule has 2 nitrogen and oxygen atoms in total. The van der Waals surface area contributed by atoms with Gasteiger partial charge < -0.3 is 5.11 Å². The quantitative estimate of drug-likeness (QED) is 0.649. The molecule has 0 aliphatic heterocycles. The van der Waals surface area contributed by atoms with Gasteiger partial charge >= 0.3 is 5.97 Å². The van der Waals surface area contributed by atoms with Crippen LogP contribution in [0.2, 0.25) is 0 Å². The average Bonchev–Trinajstić information content (AvgIpc) is 2.25. The molecule has 0 unspecified atom stereocenters. The van der Waals surface area contributed by atoms with Crippen molar-refractivity contribution in [3.05, 3.63) is 60.2 Å². The van der Waals surface area contributed by atoms with Crippen LogP contribution in [0.5, 0.6) is 0 Å². The van der Waals surface area contributed by atoms with Crippen LogP contribution in [0, 0.1) is 12.1 Å². The monoisotopic (exact) mass is 196 g/mol. The molecule has 0 saturated carbocycles. The van der Waals surface area contributed by atoms with Gasteiger partial charge in [0.1, 0.15) is 0 Å². The van der Waals surface area contributed by atoms with Crippen molar-refractivity contribution in [1.82, 2.24) is 0 Å². The van der Waals surface area contributed by atoms with E-state index in [1.54, 1.807) is 12.1 Å². The lowest BCUT2D eigenvalue weighted by Crippen LogP contribution is -2.07. The maximum Gasteiger partial charge on any atom is 0.336 e. The molecule has 0 atom stereocenters. The highest BCUT2D eigenvalue weighted by molar-refractivity contribution is 6.03. The number of aromatic carboxylic acids is 1. The Labute approximate surface area is 87.8 Å². The SMILES string of the molecule is O=C(O)c1cc2c[c]c1-2.[c]1ccccc1. The molecule has 0 spiro atoms. The van der Waals surface area contributed by atoms with Crippen LogP contribution in [-0.2, 0) is 0 Å². The maximum absolute atomic E-state index is 10.2. The van der Waals surface area contributed by atoms with E-state index < -0.39 is 5.97 Å². The summed E-state index contributed by atoms with van der Waals surface area (Å²) < 4.78 is 0. The second kappa shape index (κ2) is 3.96. The van der Waals surface area contributed by atoms with Crippen LogP contribution in [-0.4, -0.2) is 11.1 Å².